The monoisotopic (exact) mass is 566 g/mol. The molecule has 7 rings (SSSR count). The summed E-state index contributed by atoms with van der Waals surface area (Å²) in [6, 6.07) is 10.2. The van der Waals surface area contributed by atoms with E-state index in [9.17, 15) is 9.59 Å². The maximum Gasteiger partial charge on any atom is 0.410 e. The van der Waals surface area contributed by atoms with Crippen LogP contribution in [0.4, 0.5) is 4.79 Å². The van der Waals surface area contributed by atoms with Crippen molar-refractivity contribution in [1.29, 1.82) is 0 Å². The summed E-state index contributed by atoms with van der Waals surface area (Å²) in [5.41, 5.74) is 5.30. The van der Waals surface area contributed by atoms with Gasteiger partial charge in [0.05, 0.1) is 34.6 Å². The van der Waals surface area contributed by atoms with Crippen molar-refractivity contribution in [2.24, 2.45) is 14.1 Å². The molecule has 2 unspecified atom stereocenters. The Morgan fingerprint density at radius 2 is 1.67 bits per heavy atom. The highest BCUT2D eigenvalue weighted by Gasteiger charge is 2.46. The molecule has 2 saturated heterocycles. The van der Waals surface area contributed by atoms with Gasteiger partial charge in [0.25, 0.3) is 0 Å². The second-order valence-electron chi connectivity index (χ2n) is 12.5. The topological polar surface area (TPSA) is 113 Å². The lowest BCUT2D eigenvalue weighted by Gasteiger charge is -2.39. The second-order valence-corrected chi connectivity index (χ2v) is 12.5. The van der Waals surface area contributed by atoms with E-state index in [1.54, 1.807) is 22.5 Å². The van der Waals surface area contributed by atoms with Crippen LogP contribution in [0.15, 0.2) is 53.7 Å². The van der Waals surface area contributed by atoms with Crippen LogP contribution in [0.2, 0.25) is 0 Å². The van der Waals surface area contributed by atoms with E-state index in [0.29, 0.717) is 18.5 Å². The summed E-state index contributed by atoms with van der Waals surface area (Å²) in [5.74, 6) is 0. The van der Waals surface area contributed by atoms with Crippen molar-refractivity contribution in [2.45, 2.75) is 70.2 Å². The number of piperidine rings is 1. The molecule has 2 bridgehead atoms. The molecule has 0 N–H and O–H groups in total. The van der Waals surface area contributed by atoms with E-state index in [1.165, 1.54) is 0 Å². The molecule has 11 nitrogen and oxygen atoms in total. The molecule has 5 aromatic rings. The van der Waals surface area contributed by atoms with E-state index >= 15 is 0 Å². The first-order valence-corrected chi connectivity index (χ1v) is 14.4. The van der Waals surface area contributed by atoms with Crippen molar-refractivity contribution in [3.8, 4) is 22.5 Å². The number of amides is 1. The predicted octanol–water partition coefficient (Wildman–Crippen LogP) is 4.85. The Kier molecular flexibility index (Phi) is 5.96. The van der Waals surface area contributed by atoms with Gasteiger partial charge in [-0.05, 0) is 70.2 Å². The van der Waals surface area contributed by atoms with Gasteiger partial charge in [0.1, 0.15) is 11.3 Å². The zero-order valence-electron chi connectivity index (χ0n) is 24.5. The third-order valence-electron chi connectivity index (χ3n) is 8.56. The molecule has 0 spiro atoms. The number of aryl methyl sites for hydroxylation is 2. The molecule has 0 aliphatic carbocycles. The molecular formula is C31H34N8O3. The van der Waals surface area contributed by atoms with Crippen molar-refractivity contribution >= 4 is 28.0 Å². The van der Waals surface area contributed by atoms with Crippen molar-refractivity contribution in [3.63, 3.8) is 0 Å². The first-order valence-electron chi connectivity index (χ1n) is 14.4. The average Bonchev–Trinajstić information content (AvgIpc) is 3.59. The van der Waals surface area contributed by atoms with Gasteiger partial charge >= 0.3 is 11.8 Å². The van der Waals surface area contributed by atoms with Gasteiger partial charge in [-0.15, -0.1) is 5.10 Å². The highest BCUT2D eigenvalue weighted by molar-refractivity contribution is 6.04. The summed E-state index contributed by atoms with van der Waals surface area (Å²) in [6.45, 7) is 5.68. The Morgan fingerprint density at radius 1 is 0.929 bits per heavy atom. The molecular weight excluding hydrogens is 532 g/mol. The SMILES string of the molecule is Cn1cc(-c2ccc(-c3ccc4ncc5c(c4c3)n(C3CC4CCC(C3)N4C(=O)OC(C)(C)C)c(=O)n5C)cn2)nn1. The van der Waals surface area contributed by atoms with Gasteiger partial charge in [-0.3, -0.25) is 23.8 Å². The van der Waals surface area contributed by atoms with Gasteiger partial charge in [0.2, 0.25) is 0 Å². The lowest BCUT2D eigenvalue weighted by atomic mass is 9.97. The number of benzene rings is 1. The molecule has 0 radical (unpaired) electrons. The Bertz CT molecular complexity index is 1880. The minimum absolute atomic E-state index is 0.0282. The van der Waals surface area contributed by atoms with Gasteiger partial charge in [0.15, 0.2) is 0 Å². The normalized spacial score (nSPS) is 20.5. The van der Waals surface area contributed by atoms with Crippen molar-refractivity contribution < 1.29 is 9.53 Å². The summed E-state index contributed by atoms with van der Waals surface area (Å²) in [7, 11) is 3.63. The standard InChI is InChI=1S/C31H34N8O3/c1-31(2,3)42-30(41)38-20-8-9-21(38)14-22(13-20)39-28-23-12-18(6-10-24(23)33-16-27(28)37(5)29(39)40)19-7-11-25(32-15-19)26-17-36(4)35-34-26/h6-7,10-12,15-17,20-22H,8-9,13-14H2,1-5H3. The first kappa shape index (κ1) is 26.4. The number of hydrogen-bond donors (Lipinski definition) is 0. The Balaban J connectivity index is 1.27. The third-order valence-corrected chi connectivity index (χ3v) is 8.56. The highest BCUT2D eigenvalue weighted by atomic mass is 16.6. The number of pyridine rings is 2. The maximum absolute atomic E-state index is 13.8. The van der Waals surface area contributed by atoms with Crippen LogP contribution in [-0.2, 0) is 18.8 Å². The van der Waals surface area contributed by atoms with Crippen LogP contribution in [0.3, 0.4) is 0 Å². The average molecular weight is 567 g/mol. The van der Waals surface area contributed by atoms with Gasteiger partial charge in [0, 0.05) is 49.4 Å². The molecule has 2 fully saturated rings. The number of ether oxygens (including phenoxy) is 1. The first-order chi connectivity index (χ1) is 20.1. The van der Waals surface area contributed by atoms with Crippen LogP contribution in [-0.4, -0.2) is 62.8 Å². The fourth-order valence-electron chi connectivity index (χ4n) is 6.70. The fourth-order valence-corrected chi connectivity index (χ4v) is 6.70. The van der Waals surface area contributed by atoms with E-state index < -0.39 is 5.60 Å². The van der Waals surface area contributed by atoms with E-state index in [0.717, 1.165) is 51.6 Å². The molecule has 2 aliphatic heterocycles. The summed E-state index contributed by atoms with van der Waals surface area (Å²) < 4.78 is 11.0. The van der Waals surface area contributed by atoms with Crippen molar-refractivity contribution in [1.82, 2.24) is 39.0 Å². The number of aromatic nitrogens is 7. The minimum Gasteiger partial charge on any atom is -0.444 e. The molecule has 216 valence electrons. The molecule has 4 aromatic heterocycles. The second kappa shape index (κ2) is 9.50. The number of carbonyl (C=O) groups is 1. The van der Waals surface area contributed by atoms with Crippen LogP contribution in [0.1, 0.15) is 52.5 Å². The van der Waals surface area contributed by atoms with Crippen LogP contribution in [0.25, 0.3) is 44.5 Å². The smallest absolute Gasteiger partial charge is 0.410 e. The van der Waals surface area contributed by atoms with Gasteiger partial charge in [-0.1, -0.05) is 17.3 Å². The number of rotatable bonds is 3. The van der Waals surface area contributed by atoms with Crippen molar-refractivity contribution in [3.05, 3.63) is 59.4 Å². The van der Waals surface area contributed by atoms with Crippen LogP contribution in [0.5, 0.6) is 0 Å². The van der Waals surface area contributed by atoms with Crippen LogP contribution in [0, 0.1) is 0 Å². The fraction of sp³-hybridized carbons (Fsp3) is 0.419. The molecule has 11 heteroatoms. The van der Waals surface area contributed by atoms with E-state index in [-0.39, 0.29) is 29.9 Å². The van der Waals surface area contributed by atoms with E-state index in [2.05, 4.69) is 21.4 Å². The lowest BCUT2D eigenvalue weighted by molar-refractivity contribution is 0.00298. The summed E-state index contributed by atoms with van der Waals surface area (Å²) in [6.07, 6.45) is 8.47. The largest absolute Gasteiger partial charge is 0.444 e. The summed E-state index contributed by atoms with van der Waals surface area (Å²) in [4.78, 5) is 38.1. The quantitative estimate of drug-likeness (QED) is 0.307. The molecule has 2 aliphatic rings. The van der Waals surface area contributed by atoms with Crippen LogP contribution >= 0.6 is 0 Å². The Morgan fingerprint density at radius 3 is 2.31 bits per heavy atom. The lowest BCUT2D eigenvalue weighted by Crippen LogP contribution is -2.49. The number of imidazole rings is 1. The molecule has 1 amide bonds. The number of carbonyl (C=O) groups excluding carboxylic acids is 1. The zero-order valence-corrected chi connectivity index (χ0v) is 24.5. The van der Waals surface area contributed by atoms with Crippen LogP contribution < -0.4 is 5.69 Å². The highest BCUT2D eigenvalue weighted by Crippen LogP contribution is 2.43. The molecule has 0 saturated carbocycles. The van der Waals surface area contributed by atoms with E-state index in [4.69, 9.17) is 9.72 Å². The minimum atomic E-state index is -0.547. The molecule has 42 heavy (non-hydrogen) atoms. The van der Waals surface area contributed by atoms with E-state index in [1.807, 2.05) is 73.9 Å². The zero-order chi connectivity index (χ0) is 29.3. The van der Waals surface area contributed by atoms with Gasteiger partial charge < -0.3 is 9.64 Å². The van der Waals surface area contributed by atoms with Gasteiger partial charge in [-0.25, -0.2) is 9.59 Å². The summed E-state index contributed by atoms with van der Waals surface area (Å²) >= 11 is 0. The Labute approximate surface area is 242 Å². The number of nitrogens with zero attached hydrogens (tertiary/aromatic N) is 8. The molecule has 2 atom stereocenters. The molecule has 6 heterocycles. The van der Waals surface area contributed by atoms with Crippen molar-refractivity contribution in [2.75, 3.05) is 0 Å². The Hall–Kier alpha value is -4.54. The predicted molar refractivity (Wildman–Crippen MR) is 159 cm³/mol. The number of hydrogen-bond acceptors (Lipinski definition) is 7. The summed E-state index contributed by atoms with van der Waals surface area (Å²) in [5, 5.41) is 9.07. The van der Waals surface area contributed by atoms with Gasteiger partial charge in [-0.2, -0.15) is 0 Å². The third kappa shape index (κ3) is 4.34. The maximum atomic E-state index is 13.8. The molecule has 1 aromatic carbocycles. The number of fused-ring (bicyclic) bond motifs is 5.